The molecule has 0 saturated heterocycles. The van der Waals surface area contributed by atoms with Crippen LogP contribution < -0.4 is 4.74 Å². The largest absolute Gasteiger partial charge is 0.490 e. The van der Waals surface area contributed by atoms with E-state index in [0.717, 1.165) is 16.5 Å². The van der Waals surface area contributed by atoms with Gasteiger partial charge in [-0.2, -0.15) is 0 Å². The molecule has 0 aliphatic heterocycles. The lowest BCUT2D eigenvalue weighted by atomic mass is 10.1. The van der Waals surface area contributed by atoms with E-state index in [0.29, 0.717) is 10.9 Å². The fraction of sp³-hybridized carbons (Fsp3) is 0.267. The Hall–Kier alpha value is -2.12. The van der Waals surface area contributed by atoms with Crippen LogP contribution >= 0.6 is 11.8 Å². The van der Waals surface area contributed by atoms with Crippen LogP contribution in [-0.4, -0.2) is 43.8 Å². The van der Waals surface area contributed by atoms with Gasteiger partial charge in [-0.05, 0) is 21.9 Å². The van der Waals surface area contributed by atoms with Gasteiger partial charge in [0.25, 0.3) is 0 Å². The van der Waals surface area contributed by atoms with Crippen molar-refractivity contribution in [1.82, 2.24) is 20.2 Å². The summed E-state index contributed by atoms with van der Waals surface area (Å²) in [5.41, 5.74) is 0. The van der Waals surface area contributed by atoms with Crippen LogP contribution in [0.3, 0.4) is 0 Å². The Labute approximate surface area is 132 Å². The number of aliphatic hydroxyl groups is 1. The van der Waals surface area contributed by atoms with Gasteiger partial charge in [-0.1, -0.05) is 48.2 Å². The fourth-order valence-electron chi connectivity index (χ4n) is 2.07. The number of ether oxygens (including phenoxy) is 1. The molecule has 1 heterocycles. The number of benzene rings is 2. The minimum absolute atomic E-state index is 0.228. The number of thioether (sulfide) groups is 1. The van der Waals surface area contributed by atoms with E-state index >= 15 is 0 Å². The maximum atomic E-state index is 10.0. The van der Waals surface area contributed by atoms with Gasteiger partial charge in [0.05, 0.1) is 6.10 Å². The van der Waals surface area contributed by atoms with E-state index in [-0.39, 0.29) is 6.61 Å². The Morgan fingerprint density at radius 2 is 2.05 bits per heavy atom. The number of aromatic nitrogens is 4. The van der Waals surface area contributed by atoms with Gasteiger partial charge in [-0.3, -0.25) is 0 Å². The number of nitrogens with zero attached hydrogens (tertiary/aromatic N) is 4. The standard InChI is InChI=1S/C15H16N4O2S/c1-19-15(16-17-18-19)22-10-12(20)9-21-14-8-4-6-11-5-2-3-7-13(11)14/h2-8,12,20H,9-10H2,1H3. The highest BCUT2D eigenvalue weighted by molar-refractivity contribution is 7.99. The Kier molecular flexibility index (Phi) is 4.55. The van der Waals surface area contributed by atoms with Crippen molar-refractivity contribution in [2.75, 3.05) is 12.4 Å². The second-order valence-corrected chi connectivity index (χ2v) is 5.83. The zero-order chi connectivity index (χ0) is 15.4. The summed E-state index contributed by atoms with van der Waals surface area (Å²) in [6, 6.07) is 13.9. The lowest BCUT2D eigenvalue weighted by Gasteiger charge is -2.13. The number of hydrogen-bond acceptors (Lipinski definition) is 6. The van der Waals surface area contributed by atoms with E-state index in [1.165, 1.54) is 11.8 Å². The molecule has 114 valence electrons. The van der Waals surface area contributed by atoms with E-state index in [1.54, 1.807) is 11.7 Å². The topological polar surface area (TPSA) is 73.1 Å². The van der Waals surface area contributed by atoms with Gasteiger partial charge in [-0.25, -0.2) is 4.68 Å². The van der Waals surface area contributed by atoms with Crippen molar-refractivity contribution in [3.8, 4) is 5.75 Å². The highest BCUT2D eigenvalue weighted by atomic mass is 32.2. The van der Waals surface area contributed by atoms with E-state index in [9.17, 15) is 5.11 Å². The first-order valence-electron chi connectivity index (χ1n) is 6.88. The summed E-state index contributed by atoms with van der Waals surface area (Å²) in [7, 11) is 1.77. The van der Waals surface area contributed by atoms with Crippen LogP contribution in [0.4, 0.5) is 0 Å². The van der Waals surface area contributed by atoms with Crippen molar-refractivity contribution in [2.45, 2.75) is 11.3 Å². The summed E-state index contributed by atoms with van der Waals surface area (Å²) >= 11 is 1.40. The van der Waals surface area contributed by atoms with Crippen molar-refractivity contribution in [3.63, 3.8) is 0 Å². The minimum atomic E-state index is -0.597. The average molecular weight is 316 g/mol. The maximum absolute atomic E-state index is 10.0. The summed E-state index contributed by atoms with van der Waals surface area (Å²) in [5, 5.41) is 24.0. The molecule has 0 radical (unpaired) electrons. The molecule has 1 N–H and O–H groups in total. The van der Waals surface area contributed by atoms with Crippen molar-refractivity contribution < 1.29 is 9.84 Å². The summed E-state index contributed by atoms with van der Waals surface area (Å²) in [6.45, 7) is 0.228. The molecule has 3 rings (SSSR count). The molecule has 0 bridgehead atoms. The molecule has 22 heavy (non-hydrogen) atoms. The first kappa shape index (κ1) is 14.8. The van der Waals surface area contributed by atoms with Gasteiger partial charge < -0.3 is 9.84 Å². The summed E-state index contributed by atoms with van der Waals surface area (Å²) in [4.78, 5) is 0. The SMILES string of the molecule is Cn1nnnc1SCC(O)COc1cccc2ccccc12. The summed E-state index contributed by atoms with van der Waals surface area (Å²) in [5.74, 6) is 1.25. The molecular formula is C15H16N4O2S. The van der Waals surface area contributed by atoms with Crippen molar-refractivity contribution >= 4 is 22.5 Å². The van der Waals surface area contributed by atoms with Crippen molar-refractivity contribution in [2.24, 2.45) is 7.05 Å². The van der Waals surface area contributed by atoms with Crippen molar-refractivity contribution in [3.05, 3.63) is 42.5 Å². The number of aryl methyl sites for hydroxylation is 1. The molecule has 2 aromatic carbocycles. The lowest BCUT2D eigenvalue weighted by molar-refractivity contribution is 0.127. The van der Waals surface area contributed by atoms with Crippen LogP contribution in [0.1, 0.15) is 0 Å². The molecule has 1 aromatic heterocycles. The van der Waals surface area contributed by atoms with Crippen LogP contribution in [0.5, 0.6) is 5.75 Å². The lowest BCUT2D eigenvalue weighted by Crippen LogP contribution is -2.20. The maximum Gasteiger partial charge on any atom is 0.209 e. The quantitative estimate of drug-likeness (QED) is 0.700. The molecule has 1 unspecified atom stereocenters. The van der Waals surface area contributed by atoms with E-state index in [2.05, 4.69) is 15.5 Å². The highest BCUT2D eigenvalue weighted by Gasteiger charge is 2.10. The average Bonchev–Trinajstić information content (AvgIpc) is 2.96. The molecule has 0 fully saturated rings. The summed E-state index contributed by atoms with van der Waals surface area (Å²) < 4.78 is 7.33. The minimum Gasteiger partial charge on any atom is -0.490 e. The number of aliphatic hydroxyl groups excluding tert-OH is 1. The van der Waals surface area contributed by atoms with E-state index in [1.807, 2.05) is 42.5 Å². The zero-order valence-corrected chi connectivity index (χ0v) is 12.9. The highest BCUT2D eigenvalue weighted by Crippen LogP contribution is 2.25. The molecule has 0 saturated carbocycles. The summed E-state index contributed by atoms with van der Waals surface area (Å²) in [6.07, 6.45) is -0.597. The third-order valence-corrected chi connectivity index (χ3v) is 4.32. The molecule has 0 spiro atoms. The predicted molar refractivity (Wildman–Crippen MR) is 85.0 cm³/mol. The molecule has 6 nitrogen and oxygen atoms in total. The molecular weight excluding hydrogens is 300 g/mol. The third kappa shape index (κ3) is 3.37. The monoisotopic (exact) mass is 316 g/mol. The zero-order valence-electron chi connectivity index (χ0n) is 12.1. The Morgan fingerprint density at radius 3 is 2.86 bits per heavy atom. The first-order chi connectivity index (χ1) is 10.7. The van der Waals surface area contributed by atoms with Crippen LogP contribution in [0.25, 0.3) is 10.8 Å². The van der Waals surface area contributed by atoms with Gasteiger partial charge in [0.15, 0.2) is 0 Å². The molecule has 7 heteroatoms. The first-order valence-corrected chi connectivity index (χ1v) is 7.86. The Balaban J connectivity index is 1.58. The van der Waals surface area contributed by atoms with Gasteiger partial charge in [0.2, 0.25) is 5.16 Å². The van der Waals surface area contributed by atoms with Gasteiger partial charge in [0, 0.05) is 18.2 Å². The molecule has 0 aliphatic carbocycles. The second kappa shape index (κ2) is 6.76. The molecule has 3 aromatic rings. The normalized spacial score (nSPS) is 12.5. The van der Waals surface area contributed by atoms with Crippen molar-refractivity contribution in [1.29, 1.82) is 0 Å². The molecule has 0 amide bonds. The second-order valence-electron chi connectivity index (χ2n) is 4.84. The van der Waals surface area contributed by atoms with Crippen LogP contribution in [0.15, 0.2) is 47.6 Å². The third-order valence-electron chi connectivity index (χ3n) is 3.17. The number of rotatable bonds is 6. The van der Waals surface area contributed by atoms with Gasteiger partial charge in [-0.15, -0.1) is 5.10 Å². The smallest absolute Gasteiger partial charge is 0.209 e. The van der Waals surface area contributed by atoms with Crippen LogP contribution in [0, 0.1) is 0 Å². The number of fused-ring (bicyclic) bond motifs is 1. The van der Waals surface area contributed by atoms with E-state index in [4.69, 9.17) is 4.74 Å². The number of tetrazole rings is 1. The van der Waals surface area contributed by atoms with Crippen LogP contribution in [-0.2, 0) is 7.05 Å². The predicted octanol–water partition coefficient (Wildman–Crippen LogP) is 1.90. The van der Waals surface area contributed by atoms with Gasteiger partial charge >= 0.3 is 0 Å². The fourth-order valence-corrected chi connectivity index (χ4v) is 2.83. The molecule has 1 atom stereocenters. The van der Waals surface area contributed by atoms with Crippen LogP contribution in [0.2, 0.25) is 0 Å². The molecule has 0 aliphatic rings. The van der Waals surface area contributed by atoms with E-state index < -0.39 is 6.10 Å². The number of hydrogen-bond donors (Lipinski definition) is 1. The Bertz CT molecular complexity index is 757. The Morgan fingerprint density at radius 1 is 1.23 bits per heavy atom. The van der Waals surface area contributed by atoms with Gasteiger partial charge in [0.1, 0.15) is 12.4 Å².